The molecule has 2 N–H and O–H groups in total. The second-order valence-electron chi connectivity index (χ2n) is 5.75. The number of hydrogen-bond donors (Lipinski definition) is 1. The lowest BCUT2D eigenvalue weighted by atomic mass is 10.00. The van der Waals surface area contributed by atoms with E-state index in [1.165, 1.54) is 17.7 Å². The molecule has 2 heterocycles. The molecule has 2 atom stereocenters. The smallest absolute Gasteiger partial charge is 0.0679 e. The highest BCUT2D eigenvalue weighted by atomic mass is 32.1. The molecular weight excluding hydrogens is 278 g/mol. The van der Waals surface area contributed by atoms with Gasteiger partial charge in [0, 0.05) is 29.7 Å². The number of hydrogen-bond acceptors (Lipinski definition) is 4. The molecule has 2 aromatic heterocycles. The maximum absolute atomic E-state index is 6.47. The molecule has 1 aliphatic carbocycles. The van der Waals surface area contributed by atoms with Crippen LogP contribution in [0.3, 0.4) is 0 Å². The molecule has 0 amide bonds. The van der Waals surface area contributed by atoms with Crippen LogP contribution >= 0.6 is 11.3 Å². The fraction of sp³-hybridized carbons (Fsp3) is 0.471. The Morgan fingerprint density at radius 1 is 1.33 bits per heavy atom. The molecule has 3 nitrogen and oxygen atoms in total. The molecule has 0 radical (unpaired) electrons. The molecule has 3 rings (SSSR count). The van der Waals surface area contributed by atoms with Gasteiger partial charge in [-0.25, -0.2) is 0 Å². The summed E-state index contributed by atoms with van der Waals surface area (Å²) >= 11 is 1.83. The van der Waals surface area contributed by atoms with Gasteiger partial charge in [0.25, 0.3) is 0 Å². The van der Waals surface area contributed by atoms with Crippen LogP contribution in [0.5, 0.6) is 0 Å². The van der Waals surface area contributed by atoms with Crippen LogP contribution in [-0.4, -0.2) is 22.0 Å². The highest BCUT2D eigenvalue weighted by Crippen LogP contribution is 2.37. The van der Waals surface area contributed by atoms with Gasteiger partial charge in [-0.1, -0.05) is 19.1 Å². The minimum atomic E-state index is 0.125. The quantitative estimate of drug-likeness (QED) is 0.850. The zero-order valence-corrected chi connectivity index (χ0v) is 13.3. The highest BCUT2D eigenvalue weighted by Gasteiger charge is 2.37. The summed E-state index contributed by atoms with van der Waals surface area (Å²) in [5.41, 5.74) is 7.57. The van der Waals surface area contributed by atoms with Crippen molar-refractivity contribution in [1.82, 2.24) is 9.88 Å². The number of thiophene rings is 1. The molecule has 1 aliphatic rings. The third-order valence-electron chi connectivity index (χ3n) is 4.16. The van der Waals surface area contributed by atoms with E-state index in [1.807, 2.05) is 23.6 Å². The van der Waals surface area contributed by atoms with Crippen LogP contribution in [0.2, 0.25) is 0 Å². The number of pyridine rings is 1. The SMILES string of the molecule is CCC(N)C(c1ccccn1)N(Cc1cccs1)C1CC1. The molecule has 0 aliphatic heterocycles. The van der Waals surface area contributed by atoms with E-state index in [4.69, 9.17) is 5.73 Å². The Hall–Kier alpha value is -1.23. The molecule has 21 heavy (non-hydrogen) atoms. The number of aromatic nitrogens is 1. The van der Waals surface area contributed by atoms with Crippen LogP contribution < -0.4 is 5.73 Å². The van der Waals surface area contributed by atoms with Gasteiger partial charge in [0.05, 0.1) is 11.7 Å². The molecular formula is C17H23N3S. The first-order valence-corrected chi connectivity index (χ1v) is 8.62. The van der Waals surface area contributed by atoms with Crippen molar-refractivity contribution < 1.29 is 0 Å². The van der Waals surface area contributed by atoms with E-state index < -0.39 is 0 Å². The Bertz CT molecular complexity index is 536. The molecule has 112 valence electrons. The standard InChI is InChI=1S/C17H23N3S/c1-2-15(18)17(16-7-3-4-10-19-16)20(13-8-9-13)12-14-6-5-11-21-14/h3-7,10-11,13,15,17H,2,8-9,12,18H2,1H3. The minimum absolute atomic E-state index is 0.125. The normalized spacial score (nSPS) is 17.9. The van der Waals surface area contributed by atoms with Gasteiger partial charge >= 0.3 is 0 Å². The maximum Gasteiger partial charge on any atom is 0.0679 e. The third kappa shape index (κ3) is 3.51. The van der Waals surface area contributed by atoms with Crippen molar-refractivity contribution in [1.29, 1.82) is 0 Å². The fourth-order valence-corrected chi connectivity index (χ4v) is 3.57. The highest BCUT2D eigenvalue weighted by molar-refractivity contribution is 7.09. The predicted molar refractivity (Wildman–Crippen MR) is 88.1 cm³/mol. The minimum Gasteiger partial charge on any atom is -0.326 e. The maximum atomic E-state index is 6.47. The molecule has 0 saturated heterocycles. The Morgan fingerprint density at radius 3 is 2.76 bits per heavy atom. The van der Waals surface area contributed by atoms with Gasteiger partial charge in [-0.15, -0.1) is 11.3 Å². The van der Waals surface area contributed by atoms with E-state index in [9.17, 15) is 0 Å². The van der Waals surface area contributed by atoms with Crippen molar-refractivity contribution in [3.05, 3.63) is 52.5 Å². The second kappa shape index (κ2) is 6.69. The molecule has 2 unspecified atom stereocenters. The fourth-order valence-electron chi connectivity index (χ4n) is 2.85. The van der Waals surface area contributed by atoms with Gasteiger partial charge in [-0.2, -0.15) is 0 Å². The van der Waals surface area contributed by atoms with Gasteiger partial charge in [0.2, 0.25) is 0 Å². The Kier molecular flexibility index (Phi) is 4.68. The van der Waals surface area contributed by atoms with E-state index in [1.54, 1.807) is 0 Å². The lowest BCUT2D eigenvalue weighted by Gasteiger charge is -2.35. The van der Waals surface area contributed by atoms with Gasteiger partial charge in [0.1, 0.15) is 0 Å². The summed E-state index contributed by atoms with van der Waals surface area (Å²) in [6.07, 6.45) is 5.41. The summed E-state index contributed by atoms with van der Waals surface area (Å²) < 4.78 is 0. The van der Waals surface area contributed by atoms with Crippen LogP contribution in [0.15, 0.2) is 41.9 Å². The summed E-state index contributed by atoms with van der Waals surface area (Å²) in [6.45, 7) is 3.15. The first-order chi connectivity index (χ1) is 10.3. The Morgan fingerprint density at radius 2 is 2.19 bits per heavy atom. The monoisotopic (exact) mass is 301 g/mol. The van der Waals surface area contributed by atoms with Crippen LogP contribution in [0.25, 0.3) is 0 Å². The second-order valence-corrected chi connectivity index (χ2v) is 6.79. The van der Waals surface area contributed by atoms with Crippen molar-refractivity contribution in [2.75, 3.05) is 0 Å². The molecule has 0 spiro atoms. The van der Waals surface area contributed by atoms with Crippen molar-refractivity contribution >= 4 is 11.3 Å². The van der Waals surface area contributed by atoms with Crippen LogP contribution in [0.1, 0.15) is 42.8 Å². The van der Waals surface area contributed by atoms with Gasteiger partial charge in [-0.05, 0) is 42.8 Å². The number of nitrogens with two attached hydrogens (primary N) is 1. The molecule has 1 fully saturated rings. The third-order valence-corrected chi connectivity index (χ3v) is 5.02. The van der Waals surface area contributed by atoms with Crippen LogP contribution in [0, 0.1) is 0 Å². The summed E-state index contributed by atoms with van der Waals surface area (Å²) in [5, 5.41) is 2.15. The summed E-state index contributed by atoms with van der Waals surface area (Å²) in [5.74, 6) is 0. The van der Waals surface area contributed by atoms with Crippen LogP contribution in [-0.2, 0) is 6.54 Å². The van der Waals surface area contributed by atoms with Crippen molar-refractivity contribution in [2.45, 2.75) is 50.9 Å². The average molecular weight is 301 g/mol. The Labute approximate surface area is 130 Å². The van der Waals surface area contributed by atoms with E-state index >= 15 is 0 Å². The molecule has 1 saturated carbocycles. The molecule has 0 bridgehead atoms. The van der Waals surface area contributed by atoms with Crippen molar-refractivity contribution in [3.8, 4) is 0 Å². The molecule has 2 aromatic rings. The van der Waals surface area contributed by atoms with E-state index in [0.29, 0.717) is 6.04 Å². The first kappa shape index (κ1) is 14.7. The Balaban J connectivity index is 1.88. The number of rotatable bonds is 7. The predicted octanol–water partition coefficient (Wildman–Crippen LogP) is 3.59. The lowest BCUT2D eigenvalue weighted by Crippen LogP contribution is -2.42. The van der Waals surface area contributed by atoms with Crippen LogP contribution in [0.4, 0.5) is 0 Å². The van der Waals surface area contributed by atoms with Gasteiger partial charge < -0.3 is 5.73 Å². The van der Waals surface area contributed by atoms with Crippen molar-refractivity contribution in [2.24, 2.45) is 5.73 Å². The molecule has 0 aromatic carbocycles. The molecule has 4 heteroatoms. The topological polar surface area (TPSA) is 42.1 Å². The largest absolute Gasteiger partial charge is 0.326 e. The summed E-state index contributed by atoms with van der Waals surface area (Å²) in [6, 6.07) is 11.5. The summed E-state index contributed by atoms with van der Waals surface area (Å²) in [4.78, 5) is 8.57. The first-order valence-electron chi connectivity index (χ1n) is 7.74. The average Bonchev–Trinajstić information content (AvgIpc) is 3.24. The van der Waals surface area contributed by atoms with E-state index in [0.717, 1.165) is 18.7 Å². The zero-order valence-electron chi connectivity index (χ0n) is 12.5. The lowest BCUT2D eigenvalue weighted by molar-refractivity contribution is 0.148. The zero-order chi connectivity index (χ0) is 14.7. The summed E-state index contributed by atoms with van der Waals surface area (Å²) in [7, 11) is 0. The van der Waals surface area contributed by atoms with Gasteiger partial charge in [-0.3, -0.25) is 9.88 Å². The van der Waals surface area contributed by atoms with E-state index in [-0.39, 0.29) is 12.1 Å². The van der Waals surface area contributed by atoms with Gasteiger partial charge in [0.15, 0.2) is 0 Å². The van der Waals surface area contributed by atoms with E-state index in [2.05, 4.69) is 46.5 Å². The number of nitrogens with zero attached hydrogens (tertiary/aromatic N) is 2. The van der Waals surface area contributed by atoms with Crippen molar-refractivity contribution in [3.63, 3.8) is 0 Å².